The lowest BCUT2D eigenvalue weighted by molar-refractivity contribution is 0.939. The number of aryl methyl sites for hydroxylation is 1. The third-order valence-corrected chi connectivity index (χ3v) is 3.40. The fraction of sp³-hybridized carbons (Fsp3) is 0.286. The van der Waals surface area contributed by atoms with E-state index in [-0.39, 0.29) is 0 Å². The Labute approximate surface area is 123 Å². The van der Waals surface area contributed by atoms with E-state index in [0.717, 1.165) is 35.9 Å². The van der Waals surface area contributed by atoms with E-state index in [9.17, 15) is 0 Å². The summed E-state index contributed by atoms with van der Waals surface area (Å²) in [5.74, 6) is 1.63. The number of rotatable bonds is 4. The predicted octanol–water partition coefficient (Wildman–Crippen LogP) is 4.44. The molecule has 0 fully saturated rings. The smallest absolute Gasteiger partial charge is 0.131 e. The molecule has 1 heterocycles. The van der Waals surface area contributed by atoms with E-state index in [1.807, 2.05) is 32.0 Å². The first kappa shape index (κ1) is 14.1. The fourth-order valence-electron chi connectivity index (χ4n) is 1.73. The van der Waals surface area contributed by atoms with Crippen LogP contribution in [0.2, 0.25) is 10.0 Å². The maximum absolute atomic E-state index is 6.05. The molecular formula is C14H15Cl2N3. The monoisotopic (exact) mass is 295 g/mol. The van der Waals surface area contributed by atoms with Crippen molar-refractivity contribution in [1.82, 2.24) is 9.97 Å². The highest BCUT2D eigenvalue weighted by Crippen LogP contribution is 2.28. The summed E-state index contributed by atoms with van der Waals surface area (Å²) in [7, 11) is 0. The van der Waals surface area contributed by atoms with Crippen molar-refractivity contribution in [1.29, 1.82) is 0 Å². The molecule has 0 unspecified atom stereocenters. The molecule has 19 heavy (non-hydrogen) atoms. The van der Waals surface area contributed by atoms with Crippen molar-refractivity contribution in [3.8, 4) is 11.3 Å². The third-order valence-electron chi connectivity index (χ3n) is 2.66. The molecular weight excluding hydrogens is 281 g/mol. The Hall–Kier alpha value is -1.32. The van der Waals surface area contributed by atoms with Gasteiger partial charge in [0, 0.05) is 24.6 Å². The van der Waals surface area contributed by atoms with Crippen molar-refractivity contribution in [3.63, 3.8) is 0 Å². The van der Waals surface area contributed by atoms with Gasteiger partial charge in [0.2, 0.25) is 0 Å². The summed E-state index contributed by atoms with van der Waals surface area (Å²) in [6, 6.07) is 7.43. The van der Waals surface area contributed by atoms with Crippen molar-refractivity contribution in [3.05, 3.63) is 40.1 Å². The second-order valence-electron chi connectivity index (χ2n) is 4.07. The number of nitrogens with one attached hydrogen (secondary N) is 1. The van der Waals surface area contributed by atoms with Crippen LogP contribution in [0.25, 0.3) is 11.3 Å². The molecule has 2 aromatic rings. The molecule has 2 rings (SSSR count). The van der Waals surface area contributed by atoms with Gasteiger partial charge in [-0.25, -0.2) is 9.97 Å². The Morgan fingerprint density at radius 3 is 2.47 bits per heavy atom. The molecule has 1 aromatic carbocycles. The molecule has 5 heteroatoms. The summed E-state index contributed by atoms with van der Waals surface area (Å²) < 4.78 is 0. The zero-order chi connectivity index (χ0) is 13.8. The lowest BCUT2D eigenvalue weighted by Gasteiger charge is -2.08. The maximum atomic E-state index is 6.05. The lowest BCUT2D eigenvalue weighted by atomic mass is 10.1. The van der Waals surface area contributed by atoms with Gasteiger partial charge in [0.1, 0.15) is 11.6 Å². The van der Waals surface area contributed by atoms with E-state index in [2.05, 4.69) is 15.3 Å². The summed E-state index contributed by atoms with van der Waals surface area (Å²) in [4.78, 5) is 8.95. The number of hydrogen-bond donors (Lipinski definition) is 1. The molecule has 0 spiro atoms. The molecule has 1 aromatic heterocycles. The predicted molar refractivity (Wildman–Crippen MR) is 81.0 cm³/mol. The SMILES string of the molecule is CCNc1cc(-c2ccc(Cl)c(Cl)c2)nc(CC)n1. The van der Waals surface area contributed by atoms with Gasteiger partial charge >= 0.3 is 0 Å². The van der Waals surface area contributed by atoms with Crippen LogP contribution in [0.3, 0.4) is 0 Å². The topological polar surface area (TPSA) is 37.8 Å². The minimum absolute atomic E-state index is 0.529. The van der Waals surface area contributed by atoms with Gasteiger partial charge < -0.3 is 5.32 Å². The molecule has 100 valence electrons. The Morgan fingerprint density at radius 1 is 1.05 bits per heavy atom. The van der Waals surface area contributed by atoms with E-state index in [1.165, 1.54) is 0 Å². The number of nitrogens with zero attached hydrogens (tertiary/aromatic N) is 2. The van der Waals surface area contributed by atoms with E-state index in [4.69, 9.17) is 23.2 Å². The normalized spacial score (nSPS) is 10.5. The second-order valence-corrected chi connectivity index (χ2v) is 4.88. The first-order chi connectivity index (χ1) is 9.13. The van der Waals surface area contributed by atoms with Crippen molar-refractivity contribution < 1.29 is 0 Å². The number of benzene rings is 1. The fourth-order valence-corrected chi connectivity index (χ4v) is 2.03. The molecule has 0 saturated heterocycles. The molecule has 0 aliphatic rings. The zero-order valence-corrected chi connectivity index (χ0v) is 12.4. The maximum Gasteiger partial charge on any atom is 0.131 e. The molecule has 0 saturated carbocycles. The van der Waals surface area contributed by atoms with Crippen LogP contribution in [0.5, 0.6) is 0 Å². The van der Waals surface area contributed by atoms with Gasteiger partial charge in [0.05, 0.1) is 15.7 Å². The average Bonchev–Trinajstić information content (AvgIpc) is 2.42. The molecule has 0 bridgehead atoms. The molecule has 0 amide bonds. The van der Waals surface area contributed by atoms with Gasteiger partial charge in [-0.05, 0) is 19.1 Å². The molecule has 0 radical (unpaired) electrons. The van der Waals surface area contributed by atoms with E-state index < -0.39 is 0 Å². The summed E-state index contributed by atoms with van der Waals surface area (Å²) in [6.45, 7) is 4.89. The Morgan fingerprint density at radius 2 is 1.84 bits per heavy atom. The van der Waals surface area contributed by atoms with Crippen molar-refractivity contribution in [2.45, 2.75) is 20.3 Å². The van der Waals surface area contributed by atoms with Gasteiger partial charge in [-0.2, -0.15) is 0 Å². The van der Waals surface area contributed by atoms with Gasteiger partial charge in [-0.15, -0.1) is 0 Å². The highest BCUT2D eigenvalue weighted by Gasteiger charge is 2.07. The van der Waals surface area contributed by atoms with Crippen molar-refractivity contribution in [2.24, 2.45) is 0 Å². The van der Waals surface area contributed by atoms with Gasteiger partial charge in [-0.1, -0.05) is 36.2 Å². The van der Waals surface area contributed by atoms with Crippen LogP contribution >= 0.6 is 23.2 Å². The largest absolute Gasteiger partial charge is 0.370 e. The molecule has 1 N–H and O–H groups in total. The van der Waals surface area contributed by atoms with E-state index in [0.29, 0.717) is 10.0 Å². The molecule has 0 aliphatic heterocycles. The summed E-state index contributed by atoms with van der Waals surface area (Å²) in [5.41, 5.74) is 1.78. The minimum Gasteiger partial charge on any atom is -0.370 e. The van der Waals surface area contributed by atoms with Crippen LogP contribution in [0.4, 0.5) is 5.82 Å². The number of hydrogen-bond acceptors (Lipinski definition) is 3. The van der Waals surface area contributed by atoms with Crippen LogP contribution in [0, 0.1) is 0 Å². The van der Waals surface area contributed by atoms with Crippen molar-refractivity contribution >= 4 is 29.0 Å². The third kappa shape index (κ3) is 3.37. The van der Waals surface area contributed by atoms with Crippen molar-refractivity contribution in [2.75, 3.05) is 11.9 Å². The van der Waals surface area contributed by atoms with Gasteiger partial charge in [0.15, 0.2) is 0 Å². The van der Waals surface area contributed by atoms with Crippen LogP contribution in [0.1, 0.15) is 19.7 Å². The molecule has 3 nitrogen and oxygen atoms in total. The van der Waals surface area contributed by atoms with Crippen LogP contribution in [0.15, 0.2) is 24.3 Å². The zero-order valence-electron chi connectivity index (χ0n) is 10.9. The summed E-state index contributed by atoms with van der Waals surface area (Å²) >= 11 is 12.0. The second kappa shape index (κ2) is 6.22. The number of aromatic nitrogens is 2. The molecule has 0 atom stereocenters. The lowest BCUT2D eigenvalue weighted by Crippen LogP contribution is -2.04. The summed E-state index contributed by atoms with van der Waals surface area (Å²) in [6.07, 6.45) is 0.785. The standard InChI is InChI=1S/C14H15Cl2N3/c1-3-13-18-12(8-14(19-13)17-4-2)9-5-6-10(15)11(16)7-9/h5-8H,3-4H2,1-2H3,(H,17,18,19). The minimum atomic E-state index is 0.529. The average molecular weight is 296 g/mol. The Kier molecular flexibility index (Phi) is 4.61. The van der Waals surface area contributed by atoms with Crippen LogP contribution in [-0.2, 0) is 6.42 Å². The van der Waals surface area contributed by atoms with E-state index in [1.54, 1.807) is 6.07 Å². The van der Waals surface area contributed by atoms with E-state index >= 15 is 0 Å². The number of anilines is 1. The van der Waals surface area contributed by atoms with Gasteiger partial charge in [0.25, 0.3) is 0 Å². The first-order valence-electron chi connectivity index (χ1n) is 6.21. The Balaban J connectivity index is 2.47. The molecule has 0 aliphatic carbocycles. The highest BCUT2D eigenvalue weighted by atomic mass is 35.5. The quantitative estimate of drug-likeness (QED) is 0.906. The number of halogens is 2. The van der Waals surface area contributed by atoms with Gasteiger partial charge in [-0.3, -0.25) is 0 Å². The van der Waals surface area contributed by atoms with Crippen LogP contribution in [-0.4, -0.2) is 16.5 Å². The summed E-state index contributed by atoms with van der Waals surface area (Å²) in [5, 5.41) is 4.28. The Bertz CT molecular complexity index is 585. The highest BCUT2D eigenvalue weighted by molar-refractivity contribution is 6.42. The first-order valence-corrected chi connectivity index (χ1v) is 6.97. The van der Waals surface area contributed by atoms with Crippen LogP contribution < -0.4 is 5.32 Å².